The molecule has 2 aromatic carbocycles. The van der Waals surface area contributed by atoms with Crippen LogP contribution in [0.15, 0.2) is 71.0 Å². The third-order valence-corrected chi connectivity index (χ3v) is 10.4. The molecule has 5 heterocycles. The number of aromatic nitrogens is 6. The summed E-state index contributed by atoms with van der Waals surface area (Å²) in [6.45, 7) is 5.02. The molecule has 192 valence electrons. The molecular formula is C28H26N6OS3. The average molecular weight is 559 g/mol. The lowest BCUT2D eigenvalue weighted by Gasteiger charge is -2.32. The molecule has 0 amide bonds. The number of hydrogen-bond acceptors (Lipinski definition) is 8. The van der Waals surface area contributed by atoms with Gasteiger partial charge < -0.3 is 4.74 Å². The second-order valence-corrected chi connectivity index (χ2v) is 12.7. The van der Waals surface area contributed by atoms with Crippen LogP contribution < -0.4 is 0 Å². The highest BCUT2D eigenvalue weighted by Gasteiger charge is 2.34. The smallest absolute Gasteiger partial charge is 0.245 e. The van der Waals surface area contributed by atoms with Gasteiger partial charge in [-0.25, -0.2) is 8.80 Å². The standard InChI is InChI=1S/C28H26N6OS3/c1-3-28(2)14-20-21(15-35-28)38-24-22(20)23-29-31-26(36-16-18-10-6-4-7-11-18)33(23)25-30-32-27(34(24)25)37-17-19-12-8-5-9-13-19/h4-13H,3,14-17H2,1-2H3. The maximum absolute atomic E-state index is 6.32. The average Bonchev–Trinajstić information content (AvgIpc) is 3.66. The van der Waals surface area contributed by atoms with Crippen molar-refractivity contribution in [3.63, 3.8) is 0 Å². The number of thiophene rings is 1. The SMILES string of the molecule is CCC1(C)Cc2c(sc3c2c2nnc(SCc4ccccc4)n2c2nnc(SCc4ccccc4)n32)CO1. The highest BCUT2D eigenvalue weighted by Crippen LogP contribution is 2.43. The van der Waals surface area contributed by atoms with Crippen LogP contribution in [0.25, 0.3) is 21.6 Å². The molecule has 1 unspecified atom stereocenters. The summed E-state index contributed by atoms with van der Waals surface area (Å²) in [5.41, 5.74) is 4.50. The molecule has 4 aromatic heterocycles. The lowest BCUT2D eigenvalue weighted by molar-refractivity contribution is -0.0542. The minimum absolute atomic E-state index is 0.185. The predicted molar refractivity (Wildman–Crippen MR) is 154 cm³/mol. The minimum Gasteiger partial charge on any atom is -0.369 e. The normalized spacial score (nSPS) is 17.5. The third kappa shape index (κ3) is 4.10. The first-order chi connectivity index (χ1) is 18.6. The van der Waals surface area contributed by atoms with Gasteiger partial charge in [-0.1, -0.05) is 91.1 Å². The minimum atomic E-state index is -0.185. The van der Waals surface area contributed by atoms with Crippen molar-refractivity contribution in [2.45, 2.75) is 60.7 Å². The number of nitrogens with zero attached hydrogens (tertiary/aromatic N) is 6. The van der Waals surface area contributed by atoms with E-state index in [1.165, 1.54) is 21.6 Å². The lowest BCUT2D eigenvalue weighted by atomic mass is 9.90. The summed E-state index contributed by atoms with van der Waals surface area (Å²) in [6.07, 6.45) is 1.81. The Morgan fingerprint density at radius 3 is 2.16 bits per heavy atom. The van der Waals surface area contributed by atoms with Gasteiger partial charge in [0.25, 0.3) is 0 Å². The summed E-state index contributed by atoms with van der Waals surface area (Å²) in [6, 6.07) is 20.9. The van der Waals surface area contributed by atoms with Crippen molar-refractivity contribution in [3.8, 4) is 0 Å². The number of fused-ring (bicyclic) bond motifs is 8. The van der Waals surface area contributed by atoms with Crippen LogP contribution in [0.2, 0.25) is 0 Å². The van der Waals surface area contributed by atoms with Gasteiger partial charge in [-0.2, -0.15) is 0 Å². The molecule has 0 fully saturated rings. The van der Waals surface area contributed by atoms with Gasteiger partial charge in [-0.15, -0.1) is 31.7 Å². The Balaban J connectivity index is 1.41. The van der Waals surface area contributed by atoms with Gasteiger partial charge >= 0.3 is 0 Å². The number of thioether (sulfide) groups is 2. The molecule has 0 aliphatic carbocycles. The molecule has 7 rings (SSSR count). The molecule has 0 saturated carbocycles. The van der Waals surface area contributed by atoms with Crippen molar-refractivity contribution in [1.82, 2.24) is 29.2 Å². The molecule has 1 atom stereocenters. The Hall–Kier alpha value is -2.92. The van der Waals surface area contributed by atoms with Gasteiger partial charge in [0, 0.05) is 22.8 Å². The third-order valence-electron chi connectivity index (χ3n) is 7.22. The Kier molecular flexibility index (Phi) is 6.15. The van der Waals surface area contributed by atoms with Gasteiger partial charge in [0.05, 0.1) is 17.6 Å². The van der Waals surface area contributed by atoms with Crippen molar-refractivity contribution in [3.05, 3.63) is 82.2 Å². The first kappa shape index (κ1) is 24.1. The van der Waals surface area contributed by atoms with E-state index in [1.807, 2.05) is 12.1 Å². The van der Waals surface area contributed by atoms with Gasteiger partial charge in [0.1, 0.15) is 4.83 Å². The molecule has 0 N–H and O–H groups in total. The van der Waals surface area contributed by atoms with Crippen LogP contribution in [0.5, 0.6) is 0 Å². The Bertz CT molecular complexity index is 1760. The van der Waals surface area contributed by atoms with Crippen LogP contribution in [0.3, 0.4) is 0 Å². The fraction of sp³-hybridized carbons (Fsp3) is 0.286. The first-order valence-electron chi connectivity index (χ1n) is 12.7. The van der Waals surface area contributed by atoms with Crippen molar-refractivity contribution in [1.29, 1.82) is 0 Å². The Morgan fingerprint density at radius 2 is 1.50 bits per heavy atom. The zero-order valence-electron chi connectivity index (χ0n) is 21.1. The fourth-order valence-corrected chi connectivity index (χ4v) is 7.96. The van der Waals surface area contributed by atoms with Gasteiger partial charge in [0.15, 0.2) is 16.0 Å². The van der Waals surface area contributed by atoms with Crippen LogP contribution in [0.1, 0.15) is 41.8 Å². The number of rotatable bonds is 7. The van der Waals surface area contributed by atoms with E-state index in [-0.39, 0.29) is 5.60 Å². The molecule has 1 aliphatic heterocycles. The molecule has 0 bridgehead atoms. The number of benzene rings is 2. The highest BCUT2D eigenvalue weighted by molar-refractivity contribution is 7.98. The van der Waals surface area contributed by atoms with Crippen LogP contribution in [-0.4, -0.2) is 34.8 Å². The number of hydrogen-bond donors (Lipinski definition) is 0. The first-order valence-corrected chi connectivity index (χ1v) is 15.5. The molecule has 6 aromatic rings. The summed E-state index contributed by atoms with van der Waals surface area (Å²) in [5, 5.41) is 21.6. The second kappa shape index (κ2) is 9.68. The molecule has 0 saturated heterocycles. The summed E-state index contributed by atoms with van der Waals surface area (Å²) in [7, 11) is 0. The largest absolute Gasteiger partial charge is 0.369 e. The highest BCUT2D eigenvalue weighted by atomic mass is 32.2. The van der Waals surface area contributed by atoms with Gasteiger partial charge in [0.2, 0.25) is 5.78 Å². The summed E-state index contributed by atoms with van der Waals surface area (Å²) in [5.74, 6) is 2.38. The zero-order chi connectivity index (χ0) is 25.7. The topological polar surface area (TPSA) is 69.6 Å². The van der Waals surface area contributed by atoms with Gasteiger partial charge in [-0.05, 0) is 30.0 Å². The van der Waals surface area contributed by atoms with Gasteiger partial charge in [-0.3, -0.25) is 0 Å². The van der Waals surface area contributed by atoms with E-state index in [9.17, 15) is 0 Å². The van der Waals surface area contributed by atoms with Crippen LogP contribution in [0.4, 0.5) is 0 Å². The monoisotopic (exact) mass is 558 g/mol. The van der Waals surface area contributed by atoms with E-state index >= 15 is 0 Å². The van der Waals surface area contributed by atoms with E-state index in [0.29, 0.717) is 6.61 Å². The van der Waals surface area contributed by atoms with Crippen molar-refractivity contribution >= 4 is 56.5 Å². The summed E-state index contributed by atoms with van der Waals surface area (Å²) in [4.78, 5) is 2.38. The van der Waals surface area contributed by atoms with E-state index in [0.717, 1.165) is 56.3 Å². The zero-order valence-corrected chi connectivity index (χ0v) is 23.6. The molecule has 0 spiro atoms. The summed E-state index contributed by atoms with van der Waals surface area (Å²) < 4.78 is 10.6. The van der Waals surface area contributed by atoms with Crippen LogP contribution in [0, 0.1) is 0 Å². The fourth-order valence-electron chi connectivity index (χ4n) is 4.91. The summed E-state index contributed by atoms with van der Waals surface area (Å²) >= 11 is 5.15. The van der Waals surface area contributed by atoms with Crippen LogP contribution in [-0.2, 0) is 29.3 Å². The van der Waals surface area contributed by atoms with Crippen LogP contribution >= 0.6 is 34.9 Å². The molecule has 1 aliphatic rings. The molecule has 10 heteroatoms. The van der Waals surface area contributed by atoms with E-state index < -0.39 is 0 Å². The Morgan fingerprint density at radius 1 is 0.868 bits per heavy atom. The number of ether oxygens (including phenoxy) is 1. The lowest BCUT2D eigenvalue weighted by Crippen LogP contribution is -2.33. The van der Waals surface area contributed by atoms with Crippen molar-refractivity contribution in [2.75, 3.05) is 0 Å². The molecular weight excluding hydrogens is 533 g/mol. The quantitative estimate of drug-likeness (QED) is 0.199. The maximum Gasteiger partial charge on any atom is 0.245 e. The van der Waals surface area contributed by atoms with Crippen molar-refractivity contribution < 1.29 is 4.74 Å². The molecule has 7 nitrogen and oxygen atoms in total. The molecule has 0 radical (unpaired) electrons. The van der Waals surface area contributed by atoms with E-state index in [1.54, 1.807) is 34.9 Å². The predicted octanol–water partition coefficient (Wildman–Crippen LogP) is 6.81. The maximum atomic E-state index is 6.32. The molecule has 38 heavy (non-hydrogen) atoms. The van der Waals surface area contributed by atoms with Crippen molar-refractivity contribution in [2.24, 2.45) is 0 Å². The Labute approximate surface area is 232 Å². The second-order valence-electron chi connectivity index (χ2n) is 9.76. The van der Waals surface area contributed by atoms with E-state index in [2.05, 4.69) is 86.5 Å². The van der Waals surface area contributed by atoms with E-state index in [4.69, 9.17) is 9.84 Å².